The van der Waals surface area contributed by atoms with Crippen LogP contribution in [0.3, 0.4) is 0 Å². The Labute approximate surface area is 122 Å². The van der Waals surface area contributed by atoms with Crippen LogP contribution >= 0.6 is 0 Å². The van der Waals surface area contributed by atoms with E-state index < -0.39 is 5.97 Å². The van der Waals surface area contributed by atoms with E-state index in [1.54, 1.807) is 6.20 Å². The molecule has 0 aliphatic heterocycles. The van der Waals surface area contributed by atoms with Crippen LogP contribution in [-0.2, 0) is 16.1 Å². The van der Waals surface area contributed by atoms with Crippen molar-refractivity contribution in [1.82, 2.24) is 9.78 Å². The predicted molar refractivity (Wildman–Crippen MR) is 77.9 cm³/mol. The number of nitrogens with one attached hydrogen (secondary N) is 1. The maximum Gasteiger partial charge on any atom is 0.303 e. The van der Waals surface area contributed by atoms with Gasteiger partial charge < -0.3 is 10.4 Å². The molecule has 1 heterocycles. The number of carbonyl (C=O) groups is 2. The smallest absolute Gasteiger partial charge is 0.303 e. The zero-order valence-electron chi connectivity index (χ0n) is 11.5. The summed E-state index contributed by atoms with van der Waals surface area (Å²) in [6.07, 6.45) is 4.18. The highest BCUT2D eigenvalue weighted by Crippen LogP contribution is 2.11. The van der Waals surface area contributed by atoms with Gasteiger partial charge in [0.15, 0.2) is 0 Å². The minimum atomic E-state index is -0.884. The number of carbonyl (C=O) groups excluding carboxylic acids is 1. The van der Waals surface area contributed by atoms with Gasteiger partial charge in [-0.25, -0.2) is 0 Å². The molecule has 0 saturated carbocycles. The lowest BCUT2D eigenvalue weighted by atomic mass is 10.2. The van der Waals surface area contributed by atoms with Crippen molar-refractivity contribution in [2.45, 2.75) is 25.8 Å². The molecule has 0 fully saturated rings. The van der Waals surface area contributed by atoms with Gasteiger partial charge in [-0.2, -0.15) is 5.10 Å². The summed E-state index contributed by atoms with van der Waals surface area (Å²) in [5, 5.41) is 15.4. The summed E-state index contributed by atoms with van der Waals surface area (Å²) in [6.45, 7) is 0.680. The van der Waals surface area contributed by atoms with Crippen LogP contribution in [0.4, 0.5) is 5.69 Å². The molecule has 0 aliphatic rings. The van der Waals surface area contributed by atoms with Crippen LogP contribution in [0.15, 0.2) is 42.7 Å². The molecule has 0 bridgehead atoms. The molecule has 6 heteroatoms. The Morgan fingerprint density at radius 1 is 1.19 bits per heavy atom. The Bertz CT molecular complexity index is 591. The number of aromatic nitrogens is 2. The third-order valence-corrected chi connectivity index (χ3v) is 2.94. The fourth-order valence-corrected chi connectivity index (χ4v) is 1.90. The quantitative estimate of drug-likeness (QED) is 0.817. The summed E-state index contributed by atoms with van der Waals surface area (Å²) in [4.78, 5) is 22.0. The lowest BCUT2D eigenvalue weighted by Gasteiger charge is -2.06. The second-order valence-corrected chi connectivity index (χ2v) is 4.70. The maximum atomic E-state index is 11.6. The molecule has 21 heavy (non-hydrogen) atoms. The highest BCUT2D eigenvalue weighted by molar-refractivity contribution is 5.90. The molecule has 0 unspecified atom stereocenters. The average Bonchev–Trinajstić information content (AvgIpc) is 2.93. The molecular weight excluding hydrogens is 270 g/mol. The van der Waals surface area contributed by atoms with Crippen LogP contribution in [0, 0.1) is 0 Å². The van der Waals surface area contributed by atoms with Crippen LogP contribution in [0.1, 0.15) is 24.8 Å². The van der Waals surface area contributed by atoms with Gasteiger partial charge in [0.05, 0.1) is 6.54 Å². The van der Waals surface area contributed by atoms with Gasteiger partial charge in [-0.3, -0.25) is 14.3 Å². The summed E-state index contributed by atoms with van der Waals surface area (Å²) >= 11 is 0. The number of benzene rings is 1. The van der Waals surface area contributed by atoms with Crippen LogP contribution < -0.4 is 5.32 Å². The van der Waals surface area contributed by atoms with Crippen molar-refractivity contribution in [1.29, 1.82) is 0 Å². The van der Waals surface area contributed by atoms with Crippen molar-refractivity contribution in [3.63, 3.8) is 0 Å². The maximum absolute atomic E-state index is 11.6. The first-order valence-corrected chi connectivity index (χ1v) is 6.71. The summed E-state index contributed by atoms with van der Waals surface area (Å²) in [6, 6.07) is 9.37. The lowest BCUT2D eigenvalue weighted by Crippen LogP contribution is -2.12. The third-order valence-electron chi connectivity index (χ3n) is 2.94. The fourth-order valence-electron chi connectivity index (χ4n) is 1.90. The van der Waals surface area contributed by atoms with Gasteiger partial charge in [0.1, 0.15) is 0 Å². The van der Waals surface area contributed by atoms with E-state index in [2.05, 4.69) is 10.4 Å². The molecule has 0 aliphatic carbocycles. The Morgan fingerprint density at radius 3 is 2.57 bits per heavy atom. The van der Waals surface area contributed by atoms with Crippen molar-refractivity contribution in [2.75, 3.05) is 5.32 Å². The van der Waals surface area contributed by atoms with E-state index in [0.29, 0.717) is 18.7 Å². The van der Waals surface area contributed by atoms with Gasteiger partial charge >= 0.3 is 5.97 Å². The number of carboxylic acid groups (broad SMARTS) is 1. The SMILES string of the molecule is O=C(O)CCCC(=O)Nc1ccc(Cn2cccn2)cc1. The topological polar surface area (TPSA) is 84.2 Å². The van der Waals surface area contributed by atoms with Crippen molar-refractivity contribution in [2.24, 2.45) is 0 Å². The number of hydrogen-bond acceptors (Lipinski definition) is 3. The molecule has 110 valence electrons. The Morgan fingerprint density at radius 2 is 1.95 bits per heavy atom. The standard InChI is InChI=1S/C15H17N3O3/c19-14(3-1-4-15(20)21)17-13-7-5-12(6-8-13)11-18-10-2-9-16-18/h2,5-10H,1,3-4,11H2,(H,17,19)(H,20,21). The summed E-state index contributed by atoms with van der Waals surface area (Å²) < 4.78 is 1.82. The molecule has 0 saturated heterocycles. The molecule has 2 rings (SSSR count). The van der Waals surface area contributed by atoms with Gasteiger partial charge in [0.25, 0.3) is 0 Å². The lowest BCUT2D eigenvalue weighted by molar-refractivity contribution is -0.137. The second-order valence-electron chi connectivity index (χ2n) is 4.70. The minimum absolute atomic E-state index is 0.0101. The second kappa shape index (κ2) is 7.23. The molecule has 0 radical (unpaired) electrons. The minimum Gasteiger partial charge on any atom is -0.481 e. The zero-order valence-corrected chi connectivity index (χ0v) is 11.5. The summed E-state index contributed by atoms with van der Waals surface area (Å²) in [5.74, 6) is -1.05. The number of hydrogen-bond donors (Lipinski definition) is 2. The van der Waals surface area contributed by atoms with E-state index in [1.807, 2.05) is 41.2 Å². The Kier molecular flexibility index (Phi) is 5.09. The Hall–Kier alpha value is -2.63. The normalized spacial score (nSPS) is 10.3. The van der Waals surface area contributed by atoms with Crippen LogP contribution in [0.2, 0.25) is 0 Å². The van der Waals surface area contributed by atoms with Gasteiger partial charge in [-0.1, -0.05) is 12.1 Å². The van der Waals surface area contributed by atoms with E-state index in [0.717, 1.165) is 5.56 Å². The van der Waals surface area contributed by atoms with Crippen molar-refractivity contribution in [3.05, 3.63) is 48.3 Å². The van der Waals surface area contributed by atoms with E-state index >= 15 is 0 Å². The van der Waals surface area contributed by atoms with Crippen LogP contribution in [0.25, 0.3) is 0 Å². The zero-order chi connectivity index (χ0) is 15.1. The number of amides is 1. The van der Waals surface area contributed by atoms with Gasteiger partial charge in [-0.15, -0.1) is 0 Å². The van der Waals surface area contributed by atoms with Crippen molar-refractivity contribution >= 4 is 17.6 Å². The first kappa shape index (κ1) is 14.8. The highest BCUT2D eigenvalue weighted by Gasteiger charge is 2.04. The van der Waals surface area contributed by atoms with E-state index in [4.69, 9.17) is 5.11 Å². The molecule has 1 aromatic carbocycles. The molecule has 2 N–H and O–H groups in total. The van der Waals surface area contributed by atoms with E-state index in [-0.39, 0.29) is 18.7 Å². The van der Waals surface area contributed by atoms with Crippen LogP contribution in [-0.4, -0.2) is 26.8 Å². The fraction of sp³-hybridized carbons (Fsp3) is 0.267. The molecule has 0 spiro atoms. The van der Waals surface area contributed by atoms with Gasteiger partial charge in [-0.05, 0) is 30.2 Å². The molecule has 1 amide bonds. The number of aliphatic carboxylic acids is 1. The number of anilines is 1. The molecule has 1 aromatic heterocycles. The van der Waals surface area contributed by atoms with Crippen LogP contribution in [0.5, 0.6) is 0 Å². The van der Waals surface area contributed by atoms with Crippen molar-refractivity contribution < 1.29 is 14.7 Å². The monoisotopic (exact) mass is 287 g/mol. The van der Waals surface area contributed by atoms with E-state index in [1.165, 1.54) is 0 Å². The van der Waals surface area contributed by atoms with E-state index in [9.17, 15) is 9.59 Å². The molecular formula is C15H17N3O3. The molecule has 0 atom stereocenters. The first-order valence-electron chi connectivity index (χ1n) is 6.71. The highest BCUT2D eigenvalue weighted by atomic mass is 16.4. The summed E-state index contributed by atoms with van der Waals surface area (Å²) in [7, 11) is 0. The molecule has 6 nitrogen and oxygen atoms in total. The molecule has 2 aromatic rings. The van der Waals surface area contributed by atoms with Gasteiger partial charge in [0, 0.05) is 30.9 Å². The first-order chi connectivity index (χ1) is 10.1. The average molecular weight is 287 g/mol. The predicted octanol–water partition coefficient (Wildman–Crippen LogP) is 2.12. The number of carboxylic acids is 1. The third kappa shape index (κ3) is 5.10. The Balaban J connectivity index is 1.81. The number of rotatable bonds is 7. The largest absolute Gasteiger partial charge is 0.481 e. The number of nitrogens with zero attached hydrogens (tertiary/aromatic N) is 2. The van der Waals surface area contributed by atoms with Crippen molar-refractivity contribution in [3.8, 4) is 0 Å². The summed E-state index contributed by atoms with van der Waals surface area (Å²) in [5.41, 5.74) is 1.79. The van der Waals surface area contributed by atoms with Gasteiger partial charge in [0.2, 0.25) is 5.91 Å².